The van der Waals surface area contributed by atoms with Gasteiger partial charge >= 0.3 is 0 Å². The topological polar surface area (TPSA) is 33.3 Å². The molecule has 1 unspecified atom stereocenters. The molecule has 0 aliphatic rings. The molecule has 1 aromatic carbocycles. The SMILES string of the molecule is COCC(C)NC(=S)NCCc1ccccc1C. The number of thiocarbonyl (C=S) groups is 1. The lowest BCUT2D eigenvalue weighted by molar-refractivity contribution is 0.179. The first kappa shape index (κ1) is 14.9. The fraction of sp³-hybridized carbons (Fsp3) is 0.500. The largest absolute Gasteiger partial charge is 0.383 e. The van der Waals surface area contributed by atoms with Crippen LogP contribution in [0, 0.1) is 6.92 Å². The van der Waals surface area contributed by atoms with Crippen molar-refractivity contribution < 1.29 is 4.74 Å². The van der Waals surface area contributed by atoms with Crippen molar-refractivity contribution >= 4 is 17.3 Å². The quantitative estimate of drug-likeness (QED) is 0.772. The molecule has 1 aromatic rings. The third-order valence-corrected chi connectivity index (χ3v) is 3.00. The highest BCUT2D eigenvalue weighted by atomic mass is 32.1. The summed E-state index contributed by atoms with van der Waals surface area (Å²) in [5, 5.41) is 7.08. The highest BCUT2D eigenvalue weighted by Gasteiger charge is 2.03. The lowest BCUT2D eigenvalue weighted by Crippen LogP contribution is -2.43. The van der Waals surface area contributed by atoms with Gasteiger partial charge in [-0.3, -0.25) is 0 Å². The number of benzene rings is 1. The van der Waals surface area contributed by atoms with Crippen LogP contribution in [0.3, 0.4) is 0 Å². The molecule has 1 rings (SSSR count). The maximum absolute atomic E-state index is 5.21. The molecular weight excluding hydrogens is 244 g/mol. The average molecular weight is 266 g/mol. The fourth-order valence-electron chi connectivity index (χ4n) is 1.77. The third-order valence-electron chi connectivity index (χ3n) is 2.74. The molecule has 0 spiro atoms. The van der Waals surface area contributed by atoms with Gasteiger partial charge in [0.2, 0.25) is 0 Å². The Morgan fingerprint density at radius 1 is 1.39 bits per heavy atom. The zero-order chi connectivity index (χ0) is 13.4. The first-order valence-corrected chi connectivity index (χ1v) is 6.62. The Hall–Kier alpha value is -1.13. The molecule has 100 valence electrons. The highest BCUT2D eigenvalue weighted by molar-refractivity contribution is 7.80. The van der Waals surface area contributed by atoms with Gasteiger partial charge in [-0.05, 0) is 43.6 Å². The van der Waals surface area contributed by atoms with E-state index in [4.69, 9.17) is 17.0 Å². The van der Waals surface area contributed by atoms with E-state index >= 15 is 0 Å². The van der Waals surface area contributed by atoms with Gasteiger partial charge in [-0.15, -0.1) is 0 Å². The Morgan fingerprint density at radius 2 is 2.11 bits per heavy atom. The molecule has 0 saturated heterocycles. The van der Waals surface area contributed by atoms with Crippen molar-refractivity contribution in [2.75, 3.05) is 20.3 Å². The van der Waals surface area contributed by atoms with Gasteiger partial charge in [-0.25, -0.2) is 0 Å². The average Bonchev–Trinajstić information content (AvgIpc) is 2.31. The Kier molecular flexibility index (Phi) is 6.68. The maximum atomic E-state index is 5.21. The van der Waals surface area contributed by atoms with Gasteiger partial charge in [0, 0.05) is 19.7 Å². The molecule has 18 heavy (non-hydrogen) atoms. The minimum absolute atomic E-state index is 0.230. The molecule has 0 aromatic heterocycles. The second-order valence-corrected chi connectivity index (χ2v) is 4.84. The van der Waals surface area contributed by atoms with Crippen molar-refractivity contribution in [2.45, 2.75) is 26.3 Å². The van der Waals surface area contributed by atoms with Crippen molar-refractivity contribution in [3.05, 3.63) is 35.4 Å². The third kappa shape index (κ3) is 5.47. The van der Waals surface area contributed by atoms with Crippen molar-refractivity contribution in [1.82, 2.24) is 10.6 Å². The van der Waals surface area contributed by atoms with Crippen LogP contribution in [0.4, 0.5) is 0 Å². The van der Waals surface area contributed by atoms with E-state index in [0.29, 0.717) is 11.7 Å². The van der Waals surface area contributed by atoms with Crippen LogP contribution >= 0.6 is 12.2 Å². The Balaban J connectivity index is 2.25. The predicted molar refractivity (Wildman–Crippen MR) is 80.0 cm³/mol. The van der Waals surface area contributed by atoms with Gasteiger partial charge in [0.25, 0.3) is 0 Å². The van der Waals surface area contributed by atoms with E-state index in [1.54, 1.807) is 7.11 Å². The standard InChI is InChI=1S/C14H22N2OS/c1-11-6-4-5-7-13(11)8-9-15-14(18)16-12(2)10-17-3/h4-7,12H,8-10H2,1-3H3,(H2,15,16,18). The molecule has 0 fully saturated rings. The summed E-state index contributed by atoms with van der Waals surface area (Å²) in [6.45, 7) is 5.67. The molecule has 0 aliphatic heterocycles. The van der Waals surface area contributed by atoms with E-state index in [1.807, 2.05) is 6.92 Å². The van der Waals surface area contributed by atoms with E-state index < -0.39 is 0 Å². The molecule has 3 nitrogen and oxygen atoms in total. The smallest absolute Gasteiger partial charge is 0.166 e. The van der Waals surface area contributed by atoms with Crippen LogP contribution in [0.25, 0.3) is 0 Å². The summed E-state index contributed by atoms with van der Waals surface area (Å²) in [5.74, 6) is 0. The van der Waals surface area contributed by atoms with E-state index in [9.17, 15) is 0 Å². The summed E-state index contributed by atoms with van der Waals surface area (Å²) in [4.78, 5) is 0. The van der Waals surface area contributed by atoms with Crippen LogP contribution in [0.1, 0.15) is 18.1 Å². The van der Waals surface area contributed by atoms with Gasteiger partial charge in [0.1, 0.15) is 0 Å². The molecule has 0 saturated carbocycles. The summed E-state index contributed by atoms with van der Waals surface area (Å²) in [5.41, 5.74) is 2.68. The number of ether oxygens (including phenoxy) is 1. The first-order valence-electron chi connectivity index (χ1n) is 6.21. The highest BCUT2D eigenvalue weighted by Crippen LogP contribution is 2.06. The summed E-state index contributed by atoms with van der Waals surface area (Å²) in [6, 6.07) is 8.64. The number of hydrogen-bond acceptors (Lipinski definition) is 2. The van der Waals surface area contributed by atoms with Crippen LogP contribution in [0.5, 0.6) is 0 Å². The summed E-state index contributed by atoms with van der Waals surface area (Å²) >= 11 is 5.21. The Bertz CT molecular complexity index is 382. The maximum Gasteiger partial charge on any atom is 0.166 e. The first-order chi connectivity index (χ1) is 8.63. The number of hydrogen-bond donors (Lipinski definition) is 2. The van der Waals surface area contributed by atoms with Gasteiger partial charge in [0.05, 0.1) is 6.61 Å². The van der Waals surface area contributed by atoms with E-state index in [2.05, 4.69) is 41.8 Å². The predicted octanol–water partition coefficient (Wildman–Crippen LogP) is 2.04. The lowest BCUT2D eigenvalue weighted by atomic mass is 10.1. The van der Waals surface area contributed by atoms with E-state index in [1.165, 1.54) is 11.1 Å². The van der Waals surface area contributed by atoms with E-state index in [0.717, 1.165) is 13.0 Å². The number of nitrogens with one attached hydrogen (secondary N) is 2. The normalized spacial score (nSPS) is 11.9. The van der Waals surface area contributed by atoms with Crippen LogP contribution in [0.2, 0.25) is 0 Å². The number of aryl methyl sites for hydroxylation is 1. The second kappa shape index (κ2) is 8.06. The van der Waals surface area contributed by atoms with Crippen LogP contribution in [0.15, 0.2) is 24.3 Å². The molecule has 0 radical (unpaired) electrons. The van der Waals surface area contributed by atoms with Gasteiger partial charge in [-0.1, -0.05) is 24.3 Å². The van der Waals surface area contributed by atoms with Gasteiger partial charge in [0.15, 0.2) is 5.11 Å². The molecule has 2 N–H and O–H groups in total. The van der Waals surface area contributed by atoms with Crippen molar-refractivity contribution in [3.8, 4) is 0 Å². The molecule has 4 heteroatoms. The van der Waals surface area contributed by atoms with Gasteiger partial charge < -0.3 is 15.4 Å². The molecule has 0 heterocycles. The molecular formula is C14H22N2OS. The summed E-state index contributed by atoms with van der Waals surface area (Å²) < 4.78 is 5.04. The minimum Gasteiger partial charge on any atom is -0.383 e. The molecule has 1 atom stereocenters. The van der Waals surface area contributed by atoms with E-state index in [-0.39, 0.29) is 6.04 Å². The second-order valence-electron chi connectivity index (χ2n) is 4.43. The lowest BCUT2D eigenvalue weighted by Gasteiger charge is -2.16. The Morgan fingerprint density at radius 3 is 2.78 bits per heavy atom. The van der Waals surface area contributed by atoms with Crippen LogP contribution in [-0.4, -0.2) is 31.4 Å². The van der Waals surface area contributed by atoms with Crippen LogP contribution < -0.4 is 10.6 Å². The monoisotopic (exact) mass is 266 g/mol. The molecule has 0 aliphatic carbocycles. The minimum atomic E-state index is 0.230. The van der Waals surface area contributed by atoms with Gasteiger partial charge in [-0.2, -0.15) is 0 Å². The zero-order valence-corrected chi connectivity index (χ0v) is 12.1. The fourth-order valence-corrected chi connectivity index (χ4v) is 2.07. The zero-order valence-electron chi connectivity index (χ0n) is 11.3. The molecule has 0 bridgehead atoms. The summed E-state index contributed by atoms with van der Waals surface area (Å²) in [6.07, 6.45) is 0.979. The number of methoxy groups -OCH3 is 1. The van der Waals surface area contributed by atoms with Crippen LogP contribution in [-0.2, 0) is 11.2 Å². The van der Waals surface area contributed by atoms with Crippen molar-refractivity contribution in [1.29, 1.82) is 0 Å². The van der Waals surface area contributed by atoms with Crippen molar-refractivity contribution in [3.63, 3.8) is 0 Å². The molecule has 0 amide bonds. The summed E-state index contributed by atoms with van der Waals surface area (Å²) in [7, 11) is 1.69. The Labute approximate surface area is 115 Å². The van der Waals surface area contributed by atoms with Crippen molar-refractivity contribution in [2.24, 2.45) is 0 Å². The number of rotatable bonds is 6.